The normalized spacial score (nSPS) is 14.0. The van der Waals surface area contributed by atoms with Crippen molar-refractivity contribution in [1.29, 1.82) is 0 Å². The molecule has 2 nitrogen and oxygen atoms in total. The Bertz CT molecular complexity index is 655. The van der Waals surface area contributed by atoms with Crippen LogP contribution in [-0.4, -0.2) is 11.7 Å². The smallest absolute Gasteiger partial charge is 0.167 e. The molecule has 2 aromatic carbocycles. The van der Waals surface area contributed by atoms with Crippen molar-refractivity contribution in [3.63, 3.8) is 0 Å². The van der Waals surface area contributed by atoms with Crippen LogP contribution in [0.15, 0.2) is 72.3 Å². The van der Waals surface area contributed by atoms with E-state index in [0.29, 0.717) is 5.11 Å². The Morgan fingerprint density at radius 1 is 0.920 bits per heavy atom. The lowest BCUT2D eigenvalue weighted by Crippen LogP contribution is -2.38. The molecule has 0 radical (unpaired) electrons. The highest BCUT2D eigenvalue weighted by molar-refractivity contribution is 7.80. The topological polar surface area (TPSA) is 24.1 Å². The zero-order chi connectivity index (χ0) is 17.3. The number of allylic oxidation sites excluding steroid dienone is 1. The summed E-state index contributed by atoms with van der Waals surface area (Å²) in [7, 11) is 0. The van der Waals surface area contributed by atoms with E-state index in [9.17, 15) is 0 Å². The molecule has 2 aromatic rings. The maximum Gasteiger partial charge on any atom is 0.167 e. The summed E-state index contributed by atoms with van der Waals surface area (Å²) in [4.78, 5) is 0. The van der Waals surface area contributed by atoms with Crippen LogP contribution >= 0.6 is 12.2 Å². The molecule has 3 rings (SSSR count). The molecule has 3 heteroatoms. The molecule has 0 bridgehead atoms. The summed E-state index contributed by atoms with van der Waals surface area (Å²) < 4.78 is 0. The molecule has 0 saturated heterocycles. The van der Waals surface area contributed by atoms with Crippen molar-refractivity contribution in [3.8, 4) is 0 Å². The van der Waals surface area contributed by atoms with Gasteiger partial charge in [0.1, 0.15) is 0 Å². The van der Waals surface area contributed by atoms with Crippen LogP contribution < -0.4 is 10.6 Å². The summed E-state index contributed by atoms with van der Waals surface area (Å²) in [6.07, 6.45) is 8.65. The van der Waals surface area contributed by atoms with Gasteiger partial charge in [0.25, 0.3) is 0 Å². The Kier molecular flexibility index (Phi) is 6.63. The summed E-state index contributed by atoms with van der Waals surface area (Å²) in [5.74, 6) is 0. The maximum atomic E-state index is 5.56. The van der Waals surface area contributed by atoms with Gasteiger partial charge in [0, 0.05) is 6.54 Å². The van der Waals surface area contributed by atoms with Gasteiger partial charge in [-0.1, -0.05) is 72.3 Å². The van der Waals surface area contributed by atoms with Crippen LogP contribution in [0, 0.1) is 0 Å². The summed E-state index contributed by atoms with van der Waals surface area (Å²) in [6.45, 7) is 0.897. The molecule has 0 saturated carbocycles. The molecule has 0 aromatic heterocycles. The lowest BCUT2D eigenvalue weighted by Gasteiger charge is -2.22. The van der Waals surface area contributed by atoms with E-state index in [1.807, 2.05) is 12.1 Å². The van der Waals surface area contributed by atoms with E-state index in [1.54, 1.807) is 5.57 Å². The minimum Gasteiger partial charge on any atom is -0.362 e. The molecule has 0 aliphatic heterocycles. The predicted molar refractivity (Wildman–Crippen MR) is 110 cm³/mol. The summed E-state index contributed by atoms with van der Waals surface area (Å²) in [6, 6.07) is 21.0. The number of rotatable bonds is 6. The van der Waals surface area contributed by atoms with Gasteiger partial charge in [-0.25, -0.2) is 0 Å². The van der Waals surface area contributed by atoms with E-state index in [4.69, 9.17) is 12.2 Å². The molecule has 0 heterocycles. The Hall–Kier alpha value is -2.13. The molecule has 1 aliphatic carbocycles. The zero-order valence-electron chi connectivity index (χ0n) is 14.6. The maximum absolute atomic E-state index is 5.56. The van der Waals surface area contributed by atoms with Crippen molar-refractivity contribution in [1.82, 2.24) is 10.6 Å². The molecule has 0 fully saturated rings. The first-order chi connectivity index (χ1) is 12.3. The molecular weight excluding hydrogens is 324 g/mol. The first-order valence-electron chi connectivity index (χ1n) is 9.15. The molecule has 0 amide bonds. The highest BCUT2D eigenvalue weighted by Gasteiger charge is 2.14. The second-order valence-electron chi connectivity index (χ2n) is 6.51. The molecule has 1 aliphatic rings. The molecule has 2 N–H and O–H groups in total. The van der Waals surface area contributed by atoms with Crippen molar-refractivity contribution in [3.05, 3.63) is 83.4 Å². The lowest BCUT2D eigenvalue weighted by atomic mass is 9.97. The van der Waals surface area contributed by atoms with E-state index >= 15 is 0 Å². The Morgan fingerprint density at radius 2 is 1.56 bits per heavy atom. The molecular formula is C22H26N2S. The van der Waals surface area contributed by atoms with E-state index in [0.717, 1.165) is 13.0 Å². The summed E-state index contributed by atoms with van der Waals surface area (Å²) >= 11 is 5.56. The SMILES string of the molecule is S=C(NCCC1=CCCCC1)NC(c1ccccc1)c1ccccc1. The van der Waals surface area contributed by atoms with Gasteiger partial charge in [0.15, 0.2) is 5.11 Å². The first-order valence-corrected chi connectivity index (χ1v) is 9.56. The van der Waals surface area contributed by atoms with E-state index in [2.05, 4.69) is 65.2 Å². The number of hydrogen-bond acceptors (Lipinski definition) is 1. The van der Waals surface area contributed by atoms with Crippen LogP contribution in [0.2, 0.25) is 0 Å². The molecule has 130 valence electrons. The van der Waals surface area contributed by atoms with Crippen LogP contribution in [0.1, 0.15) is 49.3 Å². The van der Waals surface area contributed by atoms with Gasteiger partial charge in [-0.2, -0.15) is 0 Å². The predicted octanol–water partition coefficient (Wildman–Crippen LogP) is 5.13. The fourth-order valence-corrected chi connectivity index (χ4v) is 3.52. The zero-order valence-corrected chi connectivity index (χ0v) is 15.4. The number of thiocarbonyl (C=S) groups is 1. The molecule has 0 unspecified atom stereocenters. The minimum atomic E-state index is 0.0660. The summed E-state index contributed by atoms with van der Waals surface area (Å²) in [5.41, 5.74) is 4.00. The van der Waals surface area contributed by atoms with E-state index < -0.39 is 0 Å². The highest BCUT2D eigenvalue weighted by atomic mass is 32.1. The van der Waals surface area contributed by atoms with Crippen molar-refractivity contribution >= 4 is 17.3 Å². The quantitative estimate of drug-likeness (QED) is 0.558. The third kappa shape index (κ3) is 5.43. The second-order valence-corrected chi connectivity index (χ2v) is 6.92. The Morgan fingerprint density at radius 3 is 2.12 bits per heavy atom. The molecule has 0 atom stereocenters. The van der Waals surface area contributed by atoms with Crippen LogP contribution in [-0.2, 0) is 0 Å². The van der Waals surface area contributed by atoms with Gasteiger partial charge in [-0.15, -0.1) is 0 Å². The first kappa shape index (κ1) is 17.7. The van der Waals surface area contributed by atoms with Crippen LogP contribution in [0.25, 0.3) is 0 Å². The summed E-state index contributed by atoms with van der Waals surface area (Å²) in [5, 5.41) is 7.58. The second kappa shape index (κ2) is 9.38. The average molecular weight is 351 g/mol. The van der Waals surface area contributed by atoms with E-state index in [1.165, 1.54) is 36.8 Å². The number of hydrogen-bond donors (Lipinski definition) is 2. The fourth-order valence-electron chi connectivity index (χ4n) is 3.30. The van der Waals surface area contributed by atoms with Gasteiger partial charge < -0.3 is 10.6 Å². The standard InChI is InChI=1S/C22H26N2S/c25-22(23-17-16-18-10-4-1-5-11-18)24-21(19-12-6-2-7-13-19)20-14-8-3-9-15-20/h2-3,6-10,12-15,21H,1,4-5,11,16-17H2,(H2,23,24,25). The Labute approximate surface area is 156 Å². The number of benzene rings is 2. The van der Waals surface area contributed by atoms with Gasteiger partial charge in [-0.3, -0.25) is 0 Å². The molecule has 0 spiro atoms. The van der Waals surface area contributed by atoms with Crippen molar-refractivity contribution in [2.75, 3.05) is 6.54 Å². The largest absolute Gasteiger partial charge is 0.362 e. The monoisotopic (exact) mass is 350 g/mol. The lowest BCUT2D eigenvalue weighted by molar-refractivity contribution is 0.664. The highest BCUT2D eigenvalue weighted by Crippen LogP contribution is 2.22. The van der Waals surface area contributed by atoms with Gasteiger partial charge in [-0.05, 0) is 55.4 Å². The van der Waals surface area contributed by atoms with E-state index in [-0.39, 0.29) is 6.04 Å². The van der Waals surface area contributed by atoms with Crippen molar-refractivity contribution < 1.29 is 0 Å². The van der Waals surface area contributed by atoms with Crippen molar-refractivity contribution in [2.24, 2.45) is 0 Å². The number of nitrogens with one attached hydrogen (secondary N) is 2. The van der Waals surface area contributed by atoms with Gasteiger partial charge in [0.2, 0.25) is 0 Å². The van der Waals surface area contributed by atoms with Crippen LogP contribution in [0.3, 0.4) is 0 Å². The van der Waals surface area contributed by atoms with Gasteiger partial charge in [0.05, 0.1) is 6.04 Å². The van der Waals surface area contributed by atoms with Gasteiger partial charge >= 0.3 is 0 Å². The third-order valence-electron chi connectivity index (χ3n) is 4.66. The average Bonchev–Trinajstić information content (AvgIpc) is 2.68. The minimum absolute atomic E-state index is 0.0660. The fraction of sp³-hybridized carbons (Fsp3) is 0.318. The van der Waals surface area contributed by atoms with Crippen LogP contribution in [0.4, 0.5) is 0 Å². The molecule has 25 heavy (non-hydrogen) atoms. The third-order valence-corrected chi connectivity index (χ3v) is 4.92. The van der Waals surface area contributed by atoms with Crippen molar-refractivity contribution in [2.45, 2.75) is 38.1 Å². The van der Waals surface area contributed by atoms with Crippen LogP contribution in [0.5, 0.6) is 0 Å². The Balaban J connectivity index is 1.60.